The molecule has 0 bridgehead atoms. The lowest BCUT2D eigenvalue weighted by Crippen LogP contribution is -2.59. The quantitative estimate of drug-likeness (QED) is 0.920. The Balaban J connectivity index is 2.06. The lowest BCUT2D eigenvalue weighted by molar-refractivity contribution is 0.0876. The third-order valence-corrected chi connectivity index (χ3v) is 4.14. The van der Waals surface area contributed by atoms with Gasteiger partial charge < -0.3 is 10.1 Å². The van der Waals surface area contributed by atoms with Crippen molar-refractivity contribution in [2.45, 2.75) is 46.3 Å². The second kappa shape index (κ2) is 6.10. The lowest BCUT2D eigenvalue weighted by Gasteiger charge is -2.44. The summed E-state index contributed by atoms with van der Waals surface area (Å²) in [6.45, 7) is 12.3. The minimum Gasteiger partial charge on any atom is -0.481 e. The fourth-order valence-corrected chi connectivity index (χ4v) is 2.62. The lowest BCUT2D eigenvalue weighted by atomic mass is 9.84. The Kier molecular flexibility index (Phi) is 4.66. The van der Waals surface area contributed by atoms with Gasteiger partial charge in [-0.15, -0.1) is 0 Å². The molecule has 112 valence electrons. The van der Waals surface area contributed by atoms with Gasteiger partial charge in [0.05, 0.1) is 7.11 Å². The molecule has 0 radical (unpaired) electrons. The van der Waals surface area contributed by atoms with Crippen molar-refractivity contribution in [2.75, 3.05) is 20.2 Å². The number of methoxy groups -OCH3 is 1. The number of nitrogens with one attached hydrogen (secondary N) is 1. The van der Waals surface area contributed by atoms with Crippen molar-refractivity contribution >= 4 is 0 Å². The summed E-state index contributed by atoms with van der Waals surface area (Å²) in [4.78, 5) is 6.71. The van der Waals surface area contributed by atoms with E-state index in [1.807, 2.05) is 12.3 Å². The van der Waals surface area contributed by atoms with Gasteiger partial charge in [0.25, 0.3) is 0 Å². The van der Waals surface area contributed by atoms with Crippen molar-refractivity contribution in [3.05, 3.63) is 23.9 Å². The van der Waals surface area contributed by atoms with E-state index in [-0.39, 0.29) is 5.41 Å². The molecule has 2 unspecified atom stereocenters. The molecule has 1 fully saturated rings. The van der Waals surface area contributed by atoms with Gasteiger partial charge in [-0.25, -0.2) is 4.98 Å². The molecule has 2 rings (SSSR count). The molecule has 0 amide bonds. The summed E-state index contributed by atoms with van der Waals surface area (Å²) < 4.78 is 5.20. The van der Waals surface area contributed by atoms with E-state index in [0.717, 1.165) is 19.6 Å². The molecule has 1 aliphatic rings. The summed E-state index contributed by atoms with van der Waals surface area (Å²) in [5.74, 6) is 0.692. The van der Waals surface area contributed by atoms with Crippen molar-refractivity contribution in [3.63, 3.8) is 0 Å². The van der Waals surface area contributed by atoms with Crippen LogP contribution in [0.3, 0.4) is 0 Å². The number of hydrogen-bond acceptors (Lipinski definition) is 4. The molecule has 2 atom stereocenters. The molecular weight excluding hydrogens is 250 g/mol. The number of hydrogen-bond donors (Lipinski definition) is 1. The first-order chi connectivity index (χ1) is 9.40. The van der Waals surface area contributed by atoms with E-state index in [0.29, 0.717) is 18.0 Å². The maximum atomic E-state index is 5.20. The second-order valence-electron chi connectivity index (χ2n) is 6.81. The average molecular weight is 277 g/mol. The van der Waals surface area contributed by atoms with Crippen LogP contribution in [-0.4, -0.2) is 42.2 Å². The highest BCUT2D eigenvalue weighted by Crippen LogP contribution is 2.24. The highest BCUT2D eigenvalue weighted by Gasteiger charge is 2.32. The monoisotopic (exact) mass is 277 g/mol. The van der Waals surface area contributed by atoms with E-state index in [1.54, 1.807) is 7.11 Å². The normalized spacial score (nSPS) is 24.6. The van der Waals surface area contributed by atoms with Gasteiger partial charge in [-0.2, -0.15) is 0 Å². The molecule has 1 aromatic rings. The topological polar surface area (TPSA) is 37.4 Å². The van der Waals surface area contributed by atoms with Crippen molar-refractivity contribution in [2.24, 2.45) is 5.41 Å². The summed E-state index contributed by atoms with van der Waals surface area (Å²) in [5.41, 5.74) is 1.55. The summed E-state index contributed by atoms with van der Waals surface area (Å²) in [6, 6.07) is 5.18. The third kappa shape index (κ3) is 3.70. The van der Waals surface area contributed by atoms with Crippen LogP contribution in [0.1, 0.15) is 33.3 Å². The molecule has 1 aliphatic heterocycles. The highest BCUT2D eigenvalue weighted by atomic mass is 16.5. The van der Waals surface area contributed by atoms with E-state index in [2.05, 4.69) is 49.0 Å². The van der Waals surface area contributed by atoms with E-state index in [9.17, 15) is 0 Å². The Morgan fingerprint density at radius 3 is 2.85 bits per heavy atom. The van der Waals surface area contributed by atoms with Gasteiger partial charge in [-0.1, -0.05) is 20.8 Å². The third-order valence-electron chi connectivity index (χ3n) is 4.14. The Morgan fingerprint density at radius 2 is 2.20 bits per heavy atom. The highest BCUT2D eigenvalue weighted by molar-refractivity contribution is 5.20. The molecule has 0 saturated carbocycles. The van der Waals surface area contributed by atoms with Crippen molar-refractivity contribution in [3.8, 4) is 5.88 Å². The zero-order chi connectivity index (χ0) is 14.8. The Morgan fingerprint density at radius 1 is 1.45 bits per heavy atom. The standard InChI is InChI=1S/C16H27N3O/c1-12-9-18-14(16(2,3)4)11-19(12)10-13-6-7-17-15(8-13)20-5/h6-8,12,14,18H,9-11H2,1-5H3. The fraction of sp³-hybridized carbons (Fsp3) is 0.688. The first-order valence-electron chi connectivity index (χ1n) is 7.36. The summed E-state index contributed by atoms with van der Waals surface area (Å²) >= 11 is 0. The van der Waals surface area contributed by atoms with Gasteiger partial charge in [0, 0.05) is 44.0 Å². The van der Waals surface area contributed by atoms with Crippen LogP contribution in [0.2, 0.25) is 0 Å². The molecule has 0 spiro atoms. The molecule has 1 saturated heterocycles. The predicted octanol–water partition coefficient (Wildman–Crippen LogP) is 2.30. The van der Waals surface area contributed by atoms with Gasteiger partial charge in [0.2, 0.25) is 5.88 Å². The molecule has 4 heteroatoms. The van der Waals surface area contributed by atoms with Gasteiger partial charge in [-0.3, -0.25) is 4.90 Å². The summed E-state index contributed by atoms with van der Waals surface area (Å²) in [7, 11) is 1.66. The number of aromatic nitrogens is 1. The van der Waals surface area contributed by atoms with Gasteiger partial charge in [0.15, 0.2) is 0 Å². The van der Waals surface area contributed by atoms with Crippen LogP contribution in [-0.2, 0) is 6.54 Å². The van der Waals surface area contributed by atoms with E-state index >= 15 is 0 Å². The summed E-state index contributed by atoms with van der Waals surface area (Å²) in [6.07, 6.45) is 1.82. The molecule has 0 aliphatic carbocycles. The first-order valence-corrected chi connectivity index (χ1v) is 7.36. The minimum atomic E-state index is 0.286. The Bertz CT molecular complexity index is 442. The zero-order valence-electron chi connectivity index (χ0n) is 13.3. The van der Waals surface area contributed by atoms with Gasteiger partial charge in [0.1, 0.15) is 0 Å². The zero-order valence-corrected chi connectivity index (χ0v) is 13.3. The number of nitrogens with zero attached hydrogens (tertiary/aromatic N) is 2. The summed E-state index contributed by atoms with van der Waals surface area (Å²) in [5, 5.41) is 3.67. The smallest absolute Gasteiger partial charge is 0.213 e. The van der Waals surface area contributed by atoms with Crippen molar-refractivity contribution < 1.29 is 4.74 Å². The first kappa shape index (κ1) is 15.3. The molecule has 4 nitrogen and oxygen atoms in total. The number of rotatable bonds is 3. The second-order valence-corrected chi connectivity index (χ2v) is 6.81. The van der Waals surface area contributed by atoms with Crippen LogP contribution in [0.5, 0.6) is 5.88 Å². The van der Waals surface area contributed by atoms with Gasteiger partial charge in [-0.05, 0) is 24.0 Å². The molecule has 20 heavy (non-hydrogen) atoms. The van der Waals surface area contributed by atoms with Crippen LogP contribution in [0, 0.1) is 5.41 Å². The minimum absolute atomic E-state index is 0.286. The van der Waals surface area contributed by atoms with Crippen LogP contribution < -0.4 is 10.1 Å². The molecule has 0 aromatic carbocycles. The molecule has 2 heterocycles. The maximum Gasteiger partial charge on any atom is 0.213 e. The molecular formula is C16H27N3O. The molecule has 1 aromatic heterocycles. The predicted molar refractivity (Wildman–Crippen MR) is 81.9 cm³/mol. The van der Waals surface area contributed by atoms with Crippen LogP contribution in [0.4, 0.5) is 0 Å². The SMILES string of the molecule is COc1cc(CN2CC(C(C)(C)C)NCC2C)ccn1. The van der Waals surface area contributed by atoms with E-state index in [4.69, 9.17) is 4.74 Å². The van der Waals surface area contributed by atoms with E-state index in [1.165, 1.54) is 5.56 Å². The van der Waals surface area contributed by atoms with Crippen LogP contribution >= 0.6 is 0 Å². The van der Waals surface area contributed by atoms with Crippen molar-refractivity contribution in [1.82, 2.24) is 15.2 Å². The number of pyridine rings is 1. The Hall–Kier alpha value is -1.13. The van der Waals surface area contributed by atoms with Crippen LogP contribution in [0.15, 0.2) is 18.3 Å². The average Bonchev–Trinajstić information content (AvgIpc) is 2.40. The van der Waals surface area contributed by atoms with Gasteiger partial charge >= 0.3 is 0 Å². The largest absolute Gasteiger partial charge is 0.481 e. The van der Waals surface area contributed by atoms with E-state index < -0.39 is 0 Å². The van der Waals surface area contributed by atoms with Crippen LogP contribution in [0.25, 0.3) is 0 Å². The maximum absolute atomic E-state index is 5.20. The fourth-order valence-electron chi connectivity index (χ4n) is 2.62. The Labute approximate surface area is 122 Å². The molecule has 1 N–H and O–H groups in total. The number of piperazine rings is 1. The number of ether oxygens (including phenoxy) is 1. The van der Waals surface area contributed by atoms with Crippen molar-refractivity contribution in [1.29, 1.82) is 0 Å².